The van der Waals surface area contributed by atoms with Gasteiger partial charge in [-0.25, -0.2) is 0 Å². The third-order valence-corrected chi connectivity index (χ3v) is 5.82. The molecular formula is C16H26F3OY+2. The van der Waals surface area contributed by atoms with Gasteiger partial charge in [0.15, 0.2) is 5.60 Å². The number of rotatable bonds is 2. The van der Waals surface area contributed by atoms with Crippen LogP contribution in [0.25, 0.3) is 0 Å². The molecule has 1 nitrogen and oxygen atoms in total. The Hall–Kier alpha value is 0.854. The summed E-state index contributed by atoms with van der Waals surface area (Å²) < 4.78 is 39.5. The van der Waals surface area contributed by atoms with Gasteiger partial charge in [0.1, 0.15) is 0 Å². The normalized spacial score (nSPS) is 41.4. The van der Waals surface area contributed by atoms with Gasteiger partial charge in [0.05, 0.1) is 0 Å². The van der Waals surface area contributed by atoms with Crippen LogP contribution in [0.3, 0.4) is 0 Å². The molecule has 3 unspecified atom stereocenters. The topological polar surface area (TPSA) is 20.2 Å². The Bertz CT molecular complexity index is 326. The zero-order chi connectivity index (χ0) is 15.0. The van der Waals surface area contributed by atoms with Gasteiger partial charge < -0.3 is 12.0 Å². The molecule has 2 saturated carbocycles. The second kappa shape index (κ2) is 7.62. The molecule has 3 atom stereocenters. The third-order valence-electron chi connectivity index (χ3n) is 5.82. The van der Waals surface area contributed by atoms with Gasteiger partial charge >= 0.3 is 38.9 Å². The molecule has 0 radical (unpaired) electrons. The van der Waals surface area contributed by atoms with Crippen LogP contribution in [0, 0.1) is 30.6 Å². The van der Waals surface area contributed by atoms with Crippen LogP contribution in [0.5, 0.6) is 0 Å². The summed E-state index contributed by atoms with van der Waals surface area (Å²) in [4.78, 5) is 0. The number of halogens is 3. The van der Waals surface area contributed by atoms with E-state index in [0.717, 1.165) is 38.5 Å². The van der Waals surface area contributed by atoms with Gasteiger partial charge in [-0.05, 0) is 37.0 Å². The van der Waals surface area contributed by atoms with E-state index in [1.54, 1.807) is 0 Å². The summed E-state index contributed by atoms with van der Waals surface area (Å²) in [6.45, 7) is 5.45. The average Bonchev–Trinajstić information content (AvgIpc) is 2.41. The number of aliphatic hydroxyl groups is 1. The number of hydrogen-bond acceptors (Lipinski definition) is 1. The van der Waals surface area contributed by atoms with E-state index in [4.69, 9.17) is 0 Å². The van der Waals surface area contributed by atoms with E-state index in [-0.39, 0.29) is 45.0 Å². The van der Waals surface area contributed by atoms with Gasteiger partial charge in [-0.2, -0.15) is 19.6 Å². The van der Waals surface area contributed by atoms with E-state index < -0.39 is 17.7 Å². The van der Waals surface area contributed by atoms with Gasteiger partial charge in [0, 0.05) is 0 Å². The van der Waals surface area contributed by atoms with Crippen molar-refractivity contribution in [3.8, 4) is 0 Å². The summed E-state index contributed by atoms with van der Waals surface area (Å²) in [7, 11) is 0. The molecule has 2 rings (SSSR count). The van der Waals surface area contributed by atoms with Crippen molar-refractivity contribution >= 4 is 0 Å². The first kappa shape index (κ1) is 19.9. The summed E-state index contributed by atoms with van der Waals surface area (Å²) in [6.07, 6.45) is 1.83. The monoisotopic (exact) mass is 380 g/mol. The molecular weight excluding hydrogens is 354 g/mol. The molecule has 0 amide bonds. The van der Waals surface area contributed by atoms with Crippen molar-refractivity contribution in [3.05, 3.63) is 6.92 Å². The maximum atomic E-state index is 13.2. The van der Waals surface area contributed by atoms with E-state index in [1.807, 2.05) is 0 Å². The predicted molar refractivity (Wildman–Crippen MR) is 72.9 cm³/mol. The van der Waals surface area contributed by atoms with E-state index in [0.29, 0.717) is 18.3 Å². The first-order chi connectivity index (χ1) is 9.28. The summed E-state index contributed by atoms with van der Waals surface area (Å²) in [5, 5.41) is 10.1. The Kier molecular flexibility index (Phi) is 7.22. The van der Waals surface area contributed by atoms with Crippen LogP contribution < -0.4 is 0 Å². The molecule has 0 aliphatic heterocycles. The molecule has 0 spiro atoms. The van der Waals surface area contributed by atoms with Crippen LogP contribution in [0.2, 0.25) is 0 Å². The Balaban J connectivity index is 0.00000220. The molecule has 0 aromatic rings. The summed E-state index contributed by atoms with van der Waals surface area (Å²) >= 11 is 0. The smallest absolute Gasteiger partial charge is 0.380 e. The van der Waals surface area contributed by atoms with Crippen LogP contribution in [-0.2, 0) is 32.7 Å². The molecule has 0 heterocycles. The van der Waals surface area contributed by atoms with E-state index >= 15 is 0 Å². The SMILES string of the molecule is [CH2-]CC1CCC(C2CCC(C)C(O)(C(F)(F)F)C2)CC1.[Y+3]. The summed E-state index contributed by atoms with van der Waals surface area (Å²) in [5.41, 5.74) is -2.47. The van der Waals surface area contributed by atoms with Gasteiger partial charge in [0.25, 0.3) is 0 Å². The molecule has 5 heteroatoms. The summed E-state index contributed by atoms with van der Waals surface area (Å²) in [5.74, 6) is 0.355. The van der Waals surface area contributed by atoms with Crippen LogP contribution in [0.15, 0.2) is 0 Å². The summed E-state index contributed by atoms with van der Waals surface area (Å²) in [6, 6.07) is 0. The van der Waals surface area contributed by atoms with Crippen molar-refractivity contribution in [2.24, 2.45) is 23.7 Å². The minimum atomic E-state index is -4.50. The van der Waals surface area contributed by atoms with Crippen molar-refractivity contribution < 1.29 is 51.0 Å². The second-order valence-corrected chi connectivity index (χ2v) is 6.93. The zero-order valence-electron chi connectivity index (χ0n) is 12.8. The molecule has 0 bridgehead atoms. The van der Waals surface area contributed by atoms with E-state index in [9.17, 15) is 18.3 Å². The quantitative estimate of drug-likeness (QED) is 0.686. The maximum absolute atomic E-state index is 13.2. The Morgan fingerprint density at radius 2 is 1.57 bits per heavy atom. The van der Waals surface area contributed by atoms with Gasteiger partial charge in [-0.15, -0.1) is 0 Å². The fourth-order valence-electron chi connectivity index (χ4n) is 4.15. The maximum Gasteiger partial charge on any atom is 3.00 e. The molecule has 1 N–H and O–H groups in total. The Labute approximate surface area is 151 Å². The minimum absolute atomic E-state index is 0. The molecule has 0 aromatic heterocycles. The molecule has 0 saturated heterocycles. The predicted octanol–water partition coefficient (Wildman–Crippen LogP) is 4.74. The van der Waals surface area contributed by atoms with Crippen LogP contribution >= 0.6 is 0 Å². The number of alkyl halides is 3. The van der Waals surface area contributed by atoms with Crippen LogP contribution in [0.1, 0.15) is 58.3 Å². The number of hydrogen-bond donors (Lipinski definition) is 1. The van der Waals surface area contributed by atoms with E-state index in [2.05, 4.69) is 6.92 Å². The van der Waals surface area contributed by atoms with Gasteiger partial charge in [0.2, 0.25) is 0 Å². The second-order valence-electron chi connectivity index (χ2n) is 6.93. The van der Waals surface area contributed by atoms with Crippen molar-refractivity contribution in [2.45, 2.75) is 70.1 Å². The molecule has 0 aromatic carbocycles. The van der Waals surface area contributed by atoms with Crippen molar-refractivity contribution in [2.75, 3.05) is 0 Å². The van der Waals surface area contributed by atoms with Crippen molar-refractivity contribution in [3.63, 3.8) is 0 Å². The van der Waals surface area contributed by atoms with Gasteiger partial charge in [-0.3, -0.25) is 0 Å². The largest absolute Gasteiger partial charge is 3.00 e. The first-order valence-corrected chi connectivity index (χ1v) is 7.86. The van der Waals surface area contributed by atoms with E-state index in [1.165, 1.54) is 6.92 Å². The molecule has 21 heavy (non-hydrogen) atoms. The standard InChI is InChI=1S/C16H26F3O.Y/c1-3-12-5-8-13(9-6-12)14-7-4-11(2)15(20,10-14)16(17,18)19;/h11-14,20H,1,3-10H2,2H3;/q-1;+3. The minimum Gasteiger partial charge on any atom is -0.380 e. The molecule has 2 aliphatic carbocycles. The van der Waals surface area contributed by atoms with Crippen LogP contribution in [0.4, 0.5) is 13.2 Å². The van der Waals surface area contributed by atoms with Gasteiger partial charge in [-0.1, -0.05) is 38.5 Å². The zero-order valence-corrected chi connectivity index (χ0v) is 15.7. The molecule has 2 aliphatic rings. The van der Waals surface area contributed by atoms with Crippen molar-refractivity contribution in [1.82, 2.24) is 0 Å². The van der Waals surface area contributed by atoms with Crippen LogP contribution in [-0.4, -0.2) is 16.9 Å². The fourth-order valence-corrected chi connectivity index (χ4v) is 4.15. The Morgan fingerprint density at radius 1 is 1.05 bits per heavy atom. The third kappa shape index (κ3) is 4.23. The fraction of sp³-hybridized carbons (Fsp3) is 0.938. The Morgan fingerprint density at radius 3 is 2.05 bits per heavy atom. The first-order valence-electron chi connectivity index (χ1n) is 7.86. The molecule has 118 valence electrons. The molecule has 2 fully saturated rings. The van der Waals surface area contributed by atoms with Crippen molar-refractivity contribution in [1.29, 1.82) is 0 Å². The average molecular weight is 380 g/mol.